The molecule has 0 saturated heterocycles. The summed E-state index contributed by atoms with van der Waals surface area (Å²) in [6.07, 6.45) is 5.28. The third-order valence-corrected chi connectivity index (χ3v) is 6.22. The number of anilines is 1. The van der Waals surface area contributed by atoms with Crippen molar-refractivity contribution in [1.82, 2.24) is 4.98 Å². The third kappa shape index (κ3) is 4.33. The lowest BCUT2D eigenvalue weighted by molar-refractivity contribution is 0.252. The lowest BCUT2D eigenvalue weighted by Gasteiger charge is -2.10. The van der Waals surface area contributed by atoms with Crippen molar-refractivity contribution in [3.05, 3.63) is 42.0 Å². The van der Waals surface area contributed by atoms with Gasteiger partial charge in [-0.1, -0.05) is 24.2 Å². The van der Waals surface area contributed by atoms with Gasteiger partial charge in [-0.2, -0.15) is 0 Å². The minimum atomic E-state index is 0.637. The molecule has 6 heteroatoms. The number of methoxy groups -OCH3 is 2. The van der Waals surface area contributed by atoms with Gasteiger partial charge in [0.1, 0.15) is 17.2 Å². The Kier molecular flexibility index (Phi) is 5.86. The van der Waals surface area contributed by atoms with Gasteiger partial charge in [0.2, 0.25) is 0 Å². The summed E-state index contributed by atoms with van der Waals surface area (Å²) in [5.74, 6) is 3.24. The molecule has 5 nitrogen and oxygen atoms in total. The van der Waals surface area contributed by atoms with E-state index in [0.29, 0.717) is 12.5 Å². The maximum absolute atomic E-state index is 6.02. The van der Waals surface area contributed by atoms with Crippen LogP contribution in [0.1, 0.15) is 31.2 Å². The van der Waals surface area contributed by atoms with Gasteiger partial charge in [-0.05, 0) is 49.1 Å². The zero-order valence-corrected chi connectivity index (χ0v) is 17.2. The third-order valence-electron chi connectivity index (χ3n) is 5.24. The number of ether oxygens (including phenoxy) is 3. The van der Waals surface area contributed by atoms with Gasteiger partial charge in [0.05, 0.1) is 31.0 Å². The van der Waals surface area contributed by atoms with Crippen LogP contribution in [0.4, 0.5) is 5.13 Å². The van der Waals surface area contributed by atoms with Crippen molar-refractivity contribution in [3.8, 4) is 17.2 Å². The molecule has 148 valence electrons. The van der Waals surface area contributed by atoms with E-state index in [1.165, 1.54) is 25.7 Å². The Morgan fingerprint density at radius 1 is 1.04 bits per heavy atom. The molecule has 0 amide bonds. The molecule has 1 saturated carbocycles. The van der Waals surface area contributed by atoms with Crippen molar-refractivity contribution in [2.24, 2.45) is 5.92 Å². The van der Waals surface area contributed by atoms with Crippen molar-refractivity contribution in [2.45, 2.75) is 32.2 Å². The van der Waals surface area contributed by atoms with E-state index in [1.54, 1.807) is 25.6 Å². The Bertz CT molecular complexity index is 935. The first-order valence-electron chi connectivity index (χ1n) is 9.73. The van der Waals surface area contributed by atoms with Crippen LogP contribution < -0.4 is 19.5 Å². The summed E-state index contributed by atoms with van der Waals surface area (Å²) in [5.41, 5.74) is 2.05. The first kappa shape index (κ1) is 18.9. The highest BCUT2D eigenvalue weighted by atomic mass is 32.1. The minimum absolute atomic E-state index is 0.637. The number of benzene rings is 2. The molecule has 1 aliphatic carbocycles. The van der Waals surface area contributed by atoms with Gasteiger partial charge in [0, 0.05) is 18.2 Å². The van der Waals surface area contributed by atoms with E-state index in [9.17, 15) is 0 Å². The molecule has 2 aromatic carbocycles. The highest BCUT2D eigenvalue weighted by Gasteiger charge is 2.16. The molecule has 1 fully saturated rings. The zero-order valence-electron chi connectivity index (χ0n) is 16.4. The Morgan fingerprint density at radius 2 is 1.86 bits per heavy atom. The summed E-state index contributed by atoms with van der Waals surface area (Å²) in [5, 5.41) is 4.29. The molecule has 0 atom stereocenters. The Hall–Kier alpha value is -2.47. The largest absolute Gasteiger partial charge is 0.497 e. The number of hydrogen-bond acceptors (Lipinski definition) is 6. The lowest BCUT2D eigenvalue weighted by Crippen LogP contribution is -2.07. The molecule has 0 bridgehead atoms. The summed E-state index contributed by atoms with van der Waals surface area (Å²) >= 11 is 1.64. The van der Waals surface area contributed by atoms with E-state index in [1.807, 2.05) is 30.3 Å². The molecule has 1 heterocycles. The Balaban J connectivity index is 1.41. The SMILES string of the molecule is COc1ccc(CNc2nc3ccc(OCC4CCCC4)cc3s2)c(OC)c1. The van der Waals surface area contributed by atoms with Crippen LogP contribution in [0.5, 0.6) is 17.2 Å². The van der Waals surface area contributed by atoms with Crippen molar-refractivity contribution < 1.29 is 14.2 Å². The normalized spacial score (nSPS) is 14.4. The van der Waals surface area contributed by atoms with Crippen LogP contribution in [0.3, 0.4) is 0 Å². The number of thiazole rings is 1. The molecule has 0 unspecified atom stereocenters. The molecule has 0 aliphatic heterocycles. The number of nitrogens with zero attached hydrogens (tertiary/aromatic N) is 1. The molecule has 0 spiro atoms. The van der Waals surface area contributed by atoms with Crippen molar-refractivity contribution >= 4 is 26.7 Å². The van der Waals surface area contributed by atoms with Crippen molar-refractivity contribution in [2.75, 3.05) is 26.1 Å². The Labute approximate surface area is 169 Å². The van der Waals surface area contributed by atoms with E-state index in [-0.39, 0.29) is 0 Å². The second-order valence-electron chi connectivity index (χ2n) is 7.14. The predicted octanol–water partition coefficient (Wildman–Crippen LogP) is 5.49. The summed E-state index contributed by atoms with van der Waals surface area (Å²) in [6.45, 7) is 1.46. The molecule has 1 aliphatic rings. The van der Waals surface area contributed by atoms with E-state index in [2.05, 4.69) is 16.4 Å². The first-order chi connectivity index (χ1) is 13.7. The van der Waals surface area contributed by atoms with Crippen LogP contribution >= 0.6 is 11.3 Å². The number of fused-ring (bicyclic) bond motifs is 1. The van der Waals surface area contributed by atoms with Crippen LogP contribution in [-0.2, 0) is 6.54 Å². The van der Waals surface area contributed by atoms with Crippen LogP contribution in [0.2, 0.25) is 0 Å². The number of nitrogens with one attached hydrogen (secondary N) is 1. The van der Waals surface area contributed by atoms with Gasteiger partial charge in [0.25, 0.3) is 0 Å². The first-order valence-corrected chi connectivity index (χ1v) is 10.5. The molecular weight excluding hydrogens is 372 g/mol. The average Bonchev–Trinajstić information content (AvgIpc) is 3.39. The summed E-state index contributed by atoms with van der Waals surface area (Å²) in [7, 11) is 3.32. The predicted molar refractivity (Wildman–Crippen MR) is 114 cm³/mol. The van der Waals surface area contributed by atoms with Crippen molar-refractivity contribution in [1.29, 1.82) is 0 Å². The minimum Gasteiger partial charge on any atom is -0.497 e. The highest BCUT2D eigenvalue weighted by Crippen LogP contribution is 2.32. The summed E-state index contributed by atoms with van der Waals surface area (Å²) < 4.78 is 17.9. The van der Waals surface area contributed by atoms with Gasteiger partial charge in [-0.25, -0.2) is 4.98 Å². The Morgan fingerprint density at radius 3 is 2.64 bits per heavy atom. The van der Waals surface area contributed by atoms with E-state index in [4.69, 9.17) is 14.2 Å². The molecule has 28 heavy (non-hydrogen) atoms. The topological polar surface area (TPSA) is 52.6 Å². The van der Waals surface area contributed by atoms with Gasteiger partial charge in [-0.3, -0.25) is 0 Å². The number of rotatable bonds is 8. The van der Waals surface area contributed by atoms with Gasteiger partial charge < -0.3 is 19.5 Å². The van der Waals surface area contributed by atoms with Crippen LogP contribution in [-0.4, -0.2) is 25.8 Å². The maximum atomic E-state index is 6.02. The number of hydrogen-bond donors (Lipinski definition) is 1. The number of aromatic nitrogens is 1. The smallest absolute Gasteiger partial charge is 0.184 e. The molecule has 0 radical (unpaired) electrons. The fourth-order valence-corrected chi connectivity index (χ4v) is 4.52. The zero-order chi connectivity index (χ0) is 19.3. The van der Waals surface area contributed by atoms with E-state index >= 15 is 0 Å². The average molecular weight is 399 g/mol. The van der Waals surface area contributed by atoms with Gasteiger partial charge in [-0.15, -0.1) is 0 Å². The monoisotopic (exact) mass is 398 g/mol. The molecule has 1 N–H and O–H groups in total. The van der Waals surface area contributed by atoms with Gasteiger partial charge >= 0.3 is 0 Å². The standard InChI is InChI=1S/C22H26N2O3S/c1-25-17-8-7-16(20(11-17)26-2)13-23-22-24-19-10-9-18(12-21(19)28-22)27-14-15-5-3-4-6-15/h7-12,15H,3-6,13-14H2,1-2H3,(H,23,24). The summed E-state index contributed by atoms with van der Waals surface area (Å²) in [6, 6.07) is 12.0. The summed E-state index contributed by atoms with van der Waals surface area (Å²) in [4.78, 5) is 4.68. The molecular formula is C22H26N2O3S. The fourth-order valence-electron chi connectivity index (χ4n) is 3.63. The second-order valence-corrected chi connectivity index (χ2v) is 8.17. The van der Waals surface area contributed by atoms with E-state index < -0.39 is 0 Å². The van der Waals surface area contributed by atoms with Crippen LogP contribution in [0, 0.1) is 5.92 Å². The lowest BCUT2D eigenvalue weighted by atomic mass is 10.1. The van der Waals surface area contributed by atoms with E-state index in [0.717, 1.165) is 44.8 Å². The molecule has 1 aromatic heterocycles. The molecule has 4 rings (SSSR count). The highest BCUT2D eigenvalue weighted by molar-refractivity contribution is 7.22. The second kappa shape index (κ2) is 8.69. The fraction of sp³-hybridized carbons (Fsp3) is 0.409. The van der Waals surface area contributed by atoms with Crippen molar-refractivity contribution in [3.63, 3.8) is 0 Å². The maximum Gasteiger partial charge on any atom is 0.184 e. The van der Waals surface area contributed by atoms with Crippen LogP contribution in [0.15, 0.2) is 36.4 Å². The van der Waals surface area contributed by atoms with Crippen LogP contribution in [0.25, 0.3) is 10.2 Å². The van der Waals surface area contributed by atoms with Gasteiger partial charge in [0.15, 0.2) is 5.13 Å². The quantitative estimate of drug-likeness (QED) is 0.543. The molecule has 3 aromatic rings.